The van der Waals surface area contributed by atoms with E-state index >= 15 is 0 Å². The molecular weight excluding hydrogens is 538 g/mol. The summed E-state index contributed by atoms with van der Waals surface area (Å²) in [5.41, 5.74) is 2.13. The third kappa shape index (κ3) is 6.00. The lowest BCUT2D eigenvalue weighted by atomic mass is 10.1. The minimum absolute atomic E-state index is 0.000995. The Hall–Kier alpha value is -3.42. The van der Waals surface area contributed by atoms with Gasteiger partial charge in [0, 0.05) is 26.3 Å². The number of likely N-dealkylation sites (tertiary alicyclic amines) is 1. The minimum Gasteiger partial charge on any atom is -0.478 e. The molecule has 0 spiro atoms. The molecular formula is C27H34F2N6O4Si. The number of nitrogens with zero attached hydrogens (tertiary/aromatic N) is 6. The highest BCUT2D eigenvalue weighted by Gasteiger charge is 2.25. The molecule has 0 unspecified atom stereocenters. The molecule has 1 aliphatic heterocycles. The van der Waals surface area contributed by atoms with Crippen molar-refractivity contribution in [1.29, 1.82) is 0 Å². The molecule has 4 heterocycles. The Morgan fingerprint density at radius 2 is 1.98 bits per heavy atom. The van der Waals surface area contributed by atoms with Crippen LogP contribution < -0.4 is 4.74 Å². The second-order valence-corrected chi connectivity index (χ2v) is 17.1. The number of hydrogen-bond donors (Lipinski definition) is 1. The Morgan fingerprint density at radius 1 is 1.23 bits per heavy atom. The Bertz CT molecular complexity index is 1530. The number of aromatic nitrogens is 5. The van der Waals surface area contributed by atoms with E-state index in [2.05, 4.69) is 46.3 Å². The van der Waals surface area contributed by atoms with Crippen molar-refractivity contribution in [2.45, 2.75) is 57.9 Å². The lowest BCUT2D eigenvalue weighted by Crippen LogP contribution is -2.31. The van der Waals surface area contributed by atoms with E-state index in [1.54, 1.807) is 10.6 Å². The first-order valence-corrected chi connectivity index (χ1v) is 17.0. The smallest absolute Gasteiger partial charge is 0.387 e. The van der Waals surface area contributed by atoms with E-state index < -0.39 is 20.7 Å². The van der Waals surface area contributed by atoms with Crippen molar-refractivity contribution in [3.8, 4) is 17.1 Å². The van der Waals surface area contributed by atoms with Gasteiger partial charge in [-0.1, -0.05) is 19.6 Å². The van der Waals surface area contributed by atoms with Gasteiger partial charge in [-0.05, 0) is 57.2 Å². The van der Waals surface area contributed by atoms with Crippen LogP contribution in [0.15, 0.2) is 30.6 Å². The van der Waals surface area contributed by atoms with Gasteiger partial charge >= 0.3 is 12.6 Å². The molecule has 0 radical (unpaired) electrons. The summed E-state index contributed by atoms with van der Waals surface area (Å²) in [6.07, 6.45) is 4.79. The monoisotopic (exact) mass is 572 g/mol. The van der Waals surface area contributed by atoms with Crippen LogP contribution in [0.3, 0.4) is 0 Å². The maximum Gasteiger partial charge on any atom is 0.387 e. The van der Waals surface area contributed by atoms with Crippen LogP contribution >= 0.6 is 0 Å². The van der Waals surface area contributed by atoms with Gasteiger partial charge in [-0.2, -0.15) is 13.9 Å². The largest absolute Gasteiger partial charge is 0.478 e. The summed E-state index contributed by atoms with van der Waals surface area (Å²) in [4.78, 5) is 23.6. The van der Waals surface area contributed by atoms with Gasteiger partial charge in [-0.3, -0.25) is 4.68 Å². The molecule has 13 heteroatoms. The summed E-state index contributed by atoms with van der Waals surface area (Å²) in [6, 6.07) is 5.86. The van der Waals surface area contributed by atoms with Gasteiger partial charge in [0.1, 0.15) is 34.9 Å². The second kappa shape index (κ2) is 11.2. The van der Waals surface area contributed by atoms with Gasteiger partial charge < -0.3 is 24.0 Å². The van der Waals surface area contributed by atoms with E-state index in [1.807, 2.05) is 4.68 Å². The Morgan fingerprint density at radius 3 is 2.65 bits per heavy atom. The number of piperidine rings is 1. The highest BCUT2D eigenvalue weighted by molar-refractivity contribution is 6.76. The highest BCUT2D eigenvalue weighted by atomic mass is 28.3. The summed E-state index contributed by atoms with van der Waals surface area (Å²) in [6.45, 7) is 6.37. The number of ether oxygens (including phenoxy) is 2. The minimum atomic E-state index is -2.97. The molecule has 1 aromatic carbocycles. The van der Waals surface area contributed by atoms with Crippen LogP contribution in [0.2, 0.25) is 25.7 Å². The molecule has 1 aliphatic rings. The van der Waals surface area contributed by atoms with Crippen molar-refractivity contribution in [2.75, 3.05) is 26.7 Å². The van der Waals surface area contributed by atoms with E-state index in [-0.39, 0.29) is 29.6 Å². The Balaban J connectivity index is 1.56. The maximum atomic E-state index is 13.0. The first-order valence-electron chi connectivity index (χ1n) is 13.3. The highest BCUT2D eigenvalue weighted by Crippen LogP contribution is 2.35. The standard InChI is InChI=1S/C27H34F2N6O4Si/c1-33-9-7-17(8-10-33)35-22-6-5-18(39-27(28)29)13-19(22)23(32-35)21-14-30-25-24(31-21)20(26(36)37)15-34(25)16-38-11-12-40(2,3)4/h5-6,13-15,17,27H,7-12,16H2,1-4H3,(H,36,37). The van der Waals surface area contributed by atoms with Crippen LogP contribution in [0.25, 0.3) is 33.5 Å². The zero-order chi connectivity index (χ0) is 28.6. The number of carbonyl (C=O) groups is 1. The van der Waals surface area contributed by atoms with Gasteiger partial charge in [0.25, 0.3) is 0 Å². The second-order valence-electron chi connectivity index (χ2n) is 11.5. The summed E-state index contributed by atoms with van der Waals surface area (Å²) in [5.74, 6) is -1.12. The van der Waals surface area contributed by atoms with E-state index in [0.717, 1.165) is 37.5 Å². The molecule has 1 N–H and O–H groups in total. The number of halogens is 2. The lowest BCUT2D eigenvalue weighted by molar-refractivity contribution is -0.0497. The average Bonchev–Trinajstić information content (AvgIpc) is 3.44. The summed E-state index contributed by atoms with van der Waals surface area (Å²) in [7, 11) is 0.800. The Labute approximate surface area is 231 Å². The number of benzene rings is 1. The predicted molar refractivity (Wildman–Crippen MR) is 150 cm³/mol. The number of rotatable bonds is 10. The van der Waals surface area contributed by atoms with Crippen LogP contribution in [0.4, 0.5) is 8.78 Å². The van der Waals surface area contributed by atoms with Crippen LogP contribution in [-0.4, -0.2) is 81.7 Å². The first-order chi connectivity index (χ1) is 19.0. The summed E-state index contributed by atoms with van der Waals surface area (Å²) >= 11 is 0. The van der Waals surface area contributed by atoms with E-state index in [4.69, 9.17) is 9.84 Å². The number of hydrogen-bond acceptors (Lipinski definition) is 7. The molecule has 1 fully saturated rings. The lowest BCUT2D eigenvalue weighted by Gasteiger charge is -2.29. The van der Waals surface area contributed by atoms with Crippen molar-refractivity contribution in [2.24, 2.45) is 0 Å². The molecule has 214 valence electrons. The van der Waals surface area contributed by atoms with Crippen molar-refractivity contribution < 1.29 is 28.2 Å². The van der Waals surface area contributed by atoms with Crippen LogP contribution in [0.5, 0.6) is 5.75 Å². The molecule has 0 amide bonds. The van der Waals surface area contributed by atoms with Crippen molar-refractivity contribution in [3.63, 3.8) is 0 Å². The number of carboxylic acids is 1. The van der Waals surface area contributed by atoms with Gasteiger partial charge in [0.15, 0.2) is 5.65 Å². The number of alkyl halides is 2. The normalized spacial score (nSPS) is 15.5. The molecule has 4 aromatic rings. The first kappa shape index (κ1) is 28.1. The molecule has 0 saturated carbocycles. The zero-order valence-electron chi connectivity index (χ0n) is 23.1. The SMILES string of the molecule is CN1CCC(n2nc(-c3cnc4c(n3)c(C(=O)O)cn4COCC[Si](C)(C)C)c3cc(OC(F)F)ccc32)CC1. The van der Waals surface area contributed by atoms with Crippen molar-refractivity contribution in [1.82, 2.24) is 29.2 Å². The third-order valence-corrected chi connectivity index (χ3v) is 8.91. The maximum absolute atomic E-state index is 13.0. The summed E-state index contributed by atoms with van der Waals surface area (Å²) < 4.78 is 40.1. The molecule has 1 saturated heterocycles. The van der Waals surface area contributed by atoms with E-state index in [1.165, 1.54) is 24.5 Å². The predicted octanol–water partition coefficient (Wildman–Crippen LogP) is 5.33. The van der Waals surface area contributed by atoms with Crippen molar-refractivity contribution >= 4 is 36.1 Å². The van der Waals surface area contributed by atoms with E-state index in [0.29, 0.717) is 29.0 Å². The van der Waals surface area contributed by atoms with Crippen LogP contribution in [-0.2, 0) is 11.5 Å². The van der Waals surface area contributed by atoms with Crippen LogP contribution in [0.1, 0.15) is 29.2 Å². The Kier molecular flexibility index (Phi) is 7.89. The van der Waals surface area contributed by atoms with Gasteiger partial charge in [-0.15, -0.1) is 0 Å². The average molecular weight is 573 g/mol. The molecule has 10 nitrogen and oxygen atoms in total. The number of carboxylic acid groups (broad SMARTS) is 1. The fraction of sp³-hybridized carbons (Fsp3) is 0.481. The van der Waals surface area contributed by atoms with Gasteiger partial charge in [-0.25, -0.2) is 14.8 Å². The molecule has 40 heavy (non-hydrogen) atoms. The number of aromatic carboxylic acids is 1. The molecule has 0 atom stereocenters. The summed E-state index contributed by atoms with van der Waals surface area (Å²) in [5, 5.41) is 15.4. The molecule has 5 rings (SSSR count). The fourth-order valence-corrected chi connectivity index (χ4v) is 5.72. The van der Waals surface area contributed by atoms with Crippen LogP contribution in [0, 0.1) is 0 Å². The van der Waals surface area contributed by atoms with Gasteiger partial charge in [0.2, 0.25) is 0 Å². The van der Waals surface area contributed by atoms with Crippen molar-refractivity contribution in [3.05, 3.63) is 36.2 Å². The van der Waals surface area contributed by atoms with E-state index in [9.17, 15) is 18.7 Å². The molecule has 3 aromatic heterocycles. The quantitative estimate of drug-likeness (QED) is 0.201. The fourth-order valence-electron chi connectivity index (χ4n) is 4.97. The molecule has 0 bridgehead atoms. The molecule has 0 aliphatic carbocycles. The number of fused-ring (bicyclic) bond motifs is 2. The third-order valence-electron chi connectivity index (χ3n) is 7.20. The zero-order valence-corrected chi connectivity index (χ0v) is 24.1. The van der Waals surface area contributed by atoms with Gasteiger partial charge in [0.05, 0.1) is 17.8 Å². The topological polar surface area (TPSA) is 108 Å².